The number of carbonyl (C=O) groups excluding carboxylic acids is 2. The van der Waals surface area contributed by atoms with Crippen LogP contribution in [0.3, 0.4) is 0 Å². The van der Waals surface area contributed by atoms with Crippen LogP contribution in [-0.4, -0.2) is 25.6 Å². The minimum atomic E-state index is -0.601. The number of hydrogen-bond donors (Lipinski definition) is 0. The predicted molar refractivity (Wildman–Crippen MR) is 63.8 cm³/mol. The van der Waals surface area contributed by atoms with Gasteiger partial charge in [-0.1, -0.05) is 0 Å². The van der Waals surface area contributed by atoms with Crippen LogP contribution in [0.25, 0.3) is 0 Å². The highest BCUT2D eigenvalue weighted by atomic mass is 16.5. The summed E-state index contributed by atoms with van der Waals surface area (Å²) in [7, 11) is 1.57. The molecule has 0 saturated heterocycles. The smallest absolute Gasteiger partial charge is 0.315 e. The topological polar surface area (TPSA) is 77.3 Å². The SMILES string of the molecule is COc1ccc(N=NCOC(=O)CC(C)=O)cc1. The normalized spacial score (nSPS) is 10.3. The van der Waals surface area contributed by atoms with Gasteiger partial charge in [0, 0.05) is 0 Å². The summed E-state index contributed by atoms with van der Waals surface area (Å²) in [5.41, 5.74) is 0.624. The third kappa shape index (κ3) is 5.20. The molecule has 96 valence electrons. The molecule has 1 aromatic rings. The third-order valence-corrected chi connectivity index (χ3v) is 1.94. The molecule has 0 atom stereocenters. The number of azo groups is 1. The minimum Gasteiger partial charge on any atom is -0.497 e. The Morgan fingerprint density at radius 3 is 2.44 bits per heavy atom. The number of ether oxygens (including phenoxy) is 2. The van der Waals surface area contributed by atoms with Crippen LogP contribution in [0.1, 0.15) is 13.3 Å². The maximum Gasteiger partial charge on any atom is 0.315 e. The van der Waals surface area contributed by atoms with Crippen LogP contribution in [-0.2, 0) is 14.3 Å². The Hall–Kier alpha value is -2.24. The van der Waals surface area contributed by atoms with Crippen molar-refractivity contribution in [3.63, 3.8) is 0 Å². The monoisotopic (exact) mass is 250 g/mol. The van der Waals surface area contributed by atoms with Crippen molar-refractivity contribution >= 4 is 17.4 Å². The van der Waals surface area contributed by atoms with Gasteiger partial charge in [0.2, 0.25) is 6.73 Å². The predicted octanol–water partition coefficient (Wildman–Crippen LogP) is 2.26. The molecule has 18 heavy (non-hydrogen) atoms. The first-order valence-electron chi connectivity index (χ1n) is 5.28. The van der Waals surface area contributed by atoms with Crippen molar-refractivity contribution in [2.24, 2.45) is 10.2 Å². The van der Waals surface area contributed by atoms with Crippen molar-refractivity contribution in [2.45, 2.75) is 13.3 Å². The molecule has 1 rings (SSSR count). The average molecular weight is 250 g/mol. The first-order chi connectivity index (χ1) is 8.61. The molecule has 0 aliphatic rings. The molecule has 0 aromatic heterocycles. The molecular weight excluding hydrogens is 236 g/mol. The van der Waals surface area contributed by atoms with Gasteiger partial charge in [0.25, 0.3) is 0 Å². The van der Waals surface area contributed by atoms with Crippen LogP contribution < -0.4 is 4.74 Å². The summed E-state index contributed by atoms with van der Waals surface area (Å²) in [6, 6.07) is 6.94. The molecule has 6 nitrogen and oxygen atoms in total. The zero-order valence-corrected chi connectivity index (χ0v) is 10.3. The van der Waals surface area contributed by atoms with Crippen LogP contribution in [0.5, 0.6) is 5.75 Å². The Balaban J connectivity index is 2.35. The maximum atomic E-state index is 11.0. The van der Waals surface area contributed by atoms with E-state index in [0.717, 1.165) is 5.75 Å². The number of esters is 1. The summed E-state index contributed by atoms with van der Waals surface area (Å²) in [5.74, 6) is -0.120. The second-order valence-electron chi connectivity index (χ2n) is 3.46. The van der Waals surface area contributed by atoms with Crippen molar-refractivity contribution in [3.8, 4) is 5.75 Å². The van der Waals surface area contributed by atoms with E-state index in [1.54, 1.807) is 31.4 Å². The van der Waals surface area contributed by atoms with Crippen LogP contribution >= 0.6 is 0 Å². The quantitative estimate of drug-likeness (QED) is 0.440. The fourth-order valence-electron chi connectivity index (χ4n) is 1.11. The summed E-state index contributed by atoms with van der Waals surface area (Å²) < 4.78 is 9.66. The van der Waals surface area contributed by atoms with E-state index < -0.39 is 5.97 Å². The molecule has 0 saturated carbocycles. The van der Waals surface area contributed by atoms with E-state index in [2.05, 4.69) is 15.0 Å². The molecule has 0 unspecified atom stereocenters. The van der Waals surface area contributed by atoms with E-state index in [1.165, 1.54) is 6.92 Å². The summed E-state index contributed by atoms with van der Waals surface area (Å²) in [5, 5.41) is 7.51. The number of ketones is 1. The second-order valence-corrected chi connectivity index (χ2v) is 3.46. The Morgan fingerprint density at radius 1 is 1.22 bits per heavy atom. The molecule has 0 heterocycles. The molecule has 0 spiro atoms. The highest BCUT2D eigenvalue weighted by Crippen LogP contribution is 2.17. The number of benzene rings is 1. The highest BCUT2D eigenvalue weighted by molar-refractivity contribution is 5.94. The Morgan fingerprint density at radius 2 is 1.89 bits per heavy atom. The third-order valence-electron chi connectivity index (χ3n) is 1.94. The number of methoxy groups -OCH3 is 1. The standard InChI is InChI=1S/C12H14N2O4/c1-9(15)7-12(16)18-8-13-14-10-3-5-11(17-2)6-4-10/h3-6H,7-8H2,1-2H3. The van der Waals surface area contributed by atoms with Crippen LogP contribution in [0.15, 0.2) is 34.5 Å². The van der Waals surface area contributed by atoms with E-state index in [0.29, 0.717) is 5.69 Å². The van der Waals surface area contributed by atoms with Gasteiger partial charge in [-0.2, -0.15) is 5.11 Å². The van der Waals surface area contributed by atoms with E-state index in [9.17, 15) is 9.59 Å². The van der Waals surface area contributed by atoms with Crippen LogP contribution in [0.2, 0.25) is 0 Å². The Labute approximate surface area is 105 Å². The minimum absolute atomic E-state index is 0.196. The van der Waals surface area contributed by atoms with Gasteiger partial charge in [-0.15, -0.1) is 5.11 Å². The van der Waals surface area contributed by atoms with Gasteiger partial charge >= 0.3 is 5.97 Å². The van der Waals surface area contributed by atoms with Crippen LogP contribution in [0, 0.1) is 0 Å². The number of nitrogens with zero attached hydrogens (tertiary/aromatic N) is 2. The van der Waals surface area contributed by atoms with E-state index in [-0.39, 0.29) is 18.9 Å². The fourth-order valence-corrected chi connectivity index (χ4v) is 1.11. The molecule has 0 aliphatic heterocycles. The zero-order chi connectivity index (χ0) is 13.4. The lowest BCUT2D eigenvalue weighted by molar-refractivity contribution is -0.145. The molecule has 0 bridgehead atoms. The van der Waals surface area contributed by atoms with E-state index in [4.69, 9.17) is 4.74 Å². The maximum absolute atomic E-state index is 11.0. The zero-order valence-electron chi connectivity index (χ0n) is 10.3. The van der Waals surface area contributed by atoms with Crippen molar-refractivity contribution < 1.29 is 19.1 Å². The molecule has 0 fully saturated rings. The first-order valence-corrected chi connectivity index (χ1v) is 5.28. The van der Waals surface area contributed by atoms with Crippen molar-refractivity contribution in [3.05, 3.63) is 24.3 Å². The highest BCUT2D eigenvalue weighted by Gasteiger charge is 2.04. The lowest BCUT2D eigenvalue weighted by Crippen LogP contribution is -2.08. The molecule has 0 aliphatic carbocycles. The number of rotatable bonds is 6. The molecular formula is C12H14N2O4. The Bertz CT molecular complexity index is 440. The van der Waals surface area contributed by atoms with Gasteiger partial charge in [0.15, 0.2) is 0 Å². The fraction of sp³-hybridized carbons (Fsp3) is 0.333. The van der Waals surface area contributed by atoms with Gasteiger partial charge in [0.05, 0.1) is 12.8 Å². The summed E-state index contributed by atoms with van der Waals surface area (Å²) >= 11 is 0. The summed E-state index contributed by atoms with van der Waals surface area (Å²) in [6.45, 7) is 1.12. The molecule has 0 radical (unpaired) electrons. The lowest BCUT2D eigenvalue weighted by atomic mass is 10.3. The number of Topliss-reactive ketones (excluding diaryl/α,β-unsaturated/α-hetero) is 1. The largest absolute Gasteiger partial charge is 0.497 e. The second kappa shape index (κ2) is 7.16. The molecule has 0 amide bonds. The van der Waals surface area contributed by atoms with Crippen LogP contribution in [0.4, 0.5) is 5.69 Å². The van der Waals surface area contributed by atoms with Gasteiger partial charge < -0.3 is 9.47 Å². The molecule has 6 heteroatoms. The van der Waals surface area contributed by atoms with Crippen molar-refractivity contribution in [1.29, 1.82) is 0 Å². The first kappa shape index (κ1) is 13.8. The van der Waals surface area contributed by atoms with Crippen molar-refractivity contribution in [2.75, 3.05) is 13.8 Å². The molecule has 0 N–H and O–H groups in total. The Kier molecular flexibility index (Phi) is 5.50. The molecule has 1 aromatic carbocycles. The summed E-state index contributed by atoms with van der Waals surface area (Å²) in [6.07, 6.45) is -0.238. The van der Waals surface area contributed by atoms with Gasteiger partial charge in [-0.3, -0.25) is 9.59 Å². The van der Waals surface area contributed by atoms with Gasteiger partial charge in [-0.25, -0.2) is 0 Å². The van der Waals surface area contributed by atoms with Gasteiger partial charge in [0.1, 0.15) is 18.0 Å². The average Bonchev–Trinajstić information content (AvgIpc) is 2.34. The van der Waals surface area contributed by atoms with E-state index in [1.807, 2.05) is 0 Å². The van der Waals surface area contributed by atoms with E-state index >= 15 is 0 Å². The van der Waals surface area contributed by atoms with Gasteiger partial charge in [-0.05, 0) is 31.2 Å². The summed E-state index contributed by atoms with van der Waals surface area (Å²) in [4.78, 5) is 21.6. The lowest BCUT2D eigenvalue weighted by Gasteiger charge is -1.99. The number of hydrogen-bond acceptors (Lipinski definition) is 6. The van der Waals surface area contributed by atoms with Crippen molar-refractivity contribution in [1.82, 2.24) is 0 Å². The number of carbonyl (C=O) groups is 2.